The Bertz CT molecular complexity index is 811. The Morgan fingerprint density at radius 2 is 1.84 bits per heavy atom. The van der Waals surface area contributed by atoms with Gasteiger partial charge < -0.3 is 4.90 Å². The van der Waals surface area contributed by atoms with E-state index in [1.807, 2.05) is 44.2 Å². The zero-order valence-corrected chi connectivity index (χ0v) is 16.4. The van der Waals surface area contributed by atoms with Gasteiger partial charge in [-0.15, -0.1) is 11.3 Å². The minimum absolute atomic E-state index is 0.0795. The molecule has 1 heterocycles. The summed E-state index contributed by atoms with van der Waals surface area (Å²) < 4.78 is 27.5. The number of aryl methyl sites for hydroxylation is 2. The Hall–Kier alpha value is -1.70. The quantitative estimate of drug-likeness (QED) is 0.766. The standard InChI is InChI=1S/C18H24N2O3S2/c1-4-17-9-10-18(24-17)25(22,23)19-11-12-20(15(3)21)13-16-7-5-14(2)6-8-16/h5-10,19H,4,11-13H2,1-3H3. The van der Waals surface area contributed by atoms with Gasteiger partial charge in [-0.3, -0.25) is 4.79 Å². The lowest BCUT2D eigenvalue weighted by Gasteiger charge is -2.21. The lowest BCUT2D eigenvalue weighted by molar-refractivity contribution is -0.129. The molecule has 0 aliphatic heterocycles. The van der Waals surface area contributed by atoms with Crippen molar-refractivity contribution in [1.29, 1.82) is 0 Å². The molecule has 0 spiro atoms. The number of carbonyl (C=O) groups is 1. The Labute approximate surface area is 153 Å². The molecular weight excluding hydrogens is 356 g/mol. The van der Waals surface area contributed by atoms with Crippen molar-refractivity contribution in [2.24, 2.45) is 0 Å². The van der Waals surface area contributed by atoms with Crippen molar-refractivity contribution in [3.8, 4) is 0 Å². The summed E-state index contributed by atoms with van der Waals surface area (Å²) in [5.41, 5.74) is 2.18. The molecule has 0 fully saturated rings. The van der Waals surface area contributed by atoms with E-state index >= 15 is 0 Å². The molecule has 0 unspecified atom stereocenters. The largest absolute Gasteiger partial charge is 0.337 e. The highest BCUT2D eigenvalue weighted by Crippen LogP contribution is 2.21. The van der Waals surface area contributed by atoms with Crippen molar-refractivity contribution >= 4 is 27.3 Å². The molecule has 0 saturated carbocycles. The van der Waals surface area contributed by atoms with Gasteiger partial charge in [-0.05, 0) is 31.0 Å². The second-order valence-electron chi connectivity index (χ2n) is 5.90. The first kappa shape index (κ1) is 19.6. The lowest BCUT2D eigenvalue weighted by Crippen LogP contribution is -2.36. The molecule has 25 heavy (non-hydrogen) atoms. The third kappa shape index (κ3) is 5.66. The number of benzene rings is 1. The average Bonchev–Trinajstić information content (AvgIpc) is 3.05. The molecule has 1 aromatic carbocycles. The minimum Gasteiger partial charge on any atom is -0.337 e. The highest BCUT2D eigenvalue weighted by molar-refractivity contribution is 7.91. The molecule has 0 saturated heterocycles. The maximum atomic E-state index is 12.3. The summed E-state index contributed by atoms with van der Waals surface area (Å²) in [7, 11) is -3.52. The number of hydrogen-bond donors (Lipinski definition) is 1. The summed E-state index contributed by atoms with van der Waals surface area (Å²) in [4.78, 5) is 14.5. The Morgan fingerprint density at radius 1 is 1.16 bits per heavy atom. The van der Waals surface area contributed by atoms with Gasteiger partial charge in [0.2, 0.25) is 15.9 Å². The van der Waals surface area contributed by atoms with E-state index < -0.39 is 10.0 Å². The number of amides is 1. The van der Waals surface area contributed by atoms with Crippen LogP contribution >= 0.6 is 11.3 Å². The number of nitrogens with zero attached hydrogens (tertiary/aromatic N) is 1. The molecule has 2 rings (SSSR count). The van der Waals surface area contributed by atoms with Crippen LogP contribution in [-0.4, -0.2) is 32.3 Å². The highest BCUT2D eigenvalue weighted by Gasteiger charge is 2.17. The molecule has 2 aromatic rings. The first-order chi connectivity index (χ1) is 11.8. The minimum atomic E-state index is -3.52. The third-order valence-corrected chi connectivity index (χ3v) is 7.05. The van der Waals surface area contributed by atoms with E-state index in [-0.39, 0.29) is 12.5 Å². The van der Waals surface area contributed by atoms with Crippen LogP contribution < -0.4 is 4.72 Å². The van der Waals surface area contributed by atoms with Gasteiger partial charge in [-0.1, -0.05) is 36.8 Å². The average molecular weight is 381 g/mol. The topological polar surface area (TPSA) is 66.5 Å². The molecule has 5 nitrogen and oxygen atoms in total. The van der Waals surface area contributed by atoms with E-state index in [0.29, 0.717) is 17.3 Å². The number of sulfonamides is 1. The molecule has 1 aromatic heterocycles. The fraction of sp³-hybridized carbons (Fsp3) is 0.389. The maximum absolute atomic E-state index is 12.3. The fourth-order valence-electron chi connectivity index (χ4n) is 2.34. The second-order valence-corrected chi connectivity index (χ2v) is 9.06. The van der Waals surface area contributed by atoms with E-state index in [2.05, 4.69) is 4.72 Å². The van der Waals surface area contributed by atoms with E-state index in [0.717, 1.165) is 22.4 Å². The Morgan fingerprint density at radius 3 is 2.40 bits per heavy atom. The van der Waals surface area contributed by atoms with Crippen molar-refractivity contribution in [3.63, 3.8) is 0 Å². The molecule has 0 aliphatic carbocycles. The first-order valence-electron chi connectivity index (χ1n) is 8.21. The van der Waals surface area contributed by atoms with Gasteiger partial charge in [0.25, 0.3) is 0 Å². The van der Waals surface area contributed by atoms with Gasteiger partial charge in [0.05, 0.1) is 0 Å². The summed E-state index contributed by atoms with van der Waals surface area (Å²) in [6.45, 7) is 6.48. The lowest BCUT2D eigenvalue weighted by atomic mass is 10.1. The predicted molar refractivity (Wildman–Crippen MR) is 101 cm³/mol. The summed E-state index contributed by atoms with van der Waals surface area (Å²) in [5, 5.41) is 0. The number of hydrogen-bond acceptors (Lipinski definition) is 4. The molecule has 0 bridgehead atoms. The Balaban J connectivity index is 1.94. The van der Waals surface area contributed by atoms with Gasteiger partial charge >= 0.3 is 0 Å². The molecule has 0 radical (unpaired) electrons. The van der Waals surface area contributed by atoms with Gasteiger partial charge in [-0.25, -0.2) is 13.1 Å². The van der Waals surface area contributed by atoms with Gasteiger partial charge in [0.15, 0.2) is 0 Å². The molecule has 136 valence electrons. The van der Waals surface area contributed by atoms with Crippen LogP contribution in [0, 0.1) is 6.92 Å². The molecule has 0 atom stereocenters. The van der Waals surface area contributed by atoms with E-state index in [9.17, 15) is 13.2 Å². The molecular formula is C18H24N2O3S2. The third-order valence-electron chi connectivity index (χ3n) is 3.86. The number of nitrogens with one attached hydrogen (secondary N) is 1. The van der Waals surface area contributed by atoms with Gasteiger partial charge in [0.1, 0.15) is 4.21 Å². The summed E-state index contributed by atoms with van der Waals surface area (Å²) >= 11 is 1.28. The van der Waals surface area contributed by atoms with Crippen LogP contribution in [0.3, 0.4) is 0 Å². The molecule has 0 aliphatic rings. The number of thiophene rings is 1. The predicted octanol–water partition coefficient (Wildman–Crippen LogP) is 2.95. The van der Waals surface area contributed by atoms with E-state index in [1.165, 1.54) is 18.3 Å². The van der Waals surface area contributed by atoms with E-state index in [4.69, 9.17) is 0 Å². The Kier molecular flexibility index (Phi) is 6.75. The summed E-state index contributed by atoms with van der Waals surface area (Å²) in [6, 6.07) is 11.4. The highest BCUT2D eigenvalue weighted by atomic mass is 32.2. The van der Waals surface area contributed by atoms with Crippen molar-refractivity contribution in [2.75, 3.05) is 13.1 Å². The van der Waals surface area contributed by atoms with Crippen LogP contribution in [0.15, 0.2) is 40.6 Å². The first-order valence-corrected chi connectivity index (χ1v) is 10.5. The number of rotatable bonds is 8. The van der Waals surface area contributed by atoms with Crippen LogP contribution in [0.1, 0.15) is 29.9 Å². The second kappa shape index (κ2) is 8.60. The number of carbonyl (C=O) groups excluding carboxylic acids is 1. The zero-order chi connectivity index (χ0) is 18.4. The molecule has 7 heteroatoms. The SMILES string of the molecule is CCc1ccc(S(=O)(=O)NCCN(Cc2ccc(C)cc2)C(C)=O)s1. The van der Waals surface area contributed by atoms with Crippen LogP contribution in [0.4, 0.5) is 0 Å². The van der Waals surface area contributed by atoms with Crippen molar-refractivity contribution < 1.29 is 13.2 Å². The summed E-state index contributed by atoms with van der Waals surface area (Å²) in [6.07, 6.45) is 0.814. The van der Waals surface area contributed by atoms with Crippen molar-refractivity contribution in [2.45, 2.75) is 37.9 Å². The van der Waals surface area contributed by atoms with Crippen molar-refractivity contribution in [3.05, 3.63) is 52.4 Å². The smallest absolute Gasteiger partial charge is 0.250 e. The normalized spacial score (nSPS) is 11.5. The maximum Gasteiger partial charge on any atom is 0.250 e. The van der Waals surface area contributed by atoms with Crippen LogP contribution in [0.25, 0.3) is 0 Å². The van der Waals surface area contributed by atoms with Crippen molar-refractivity contribution in [1.82, 2.24) is 9.62 Å². The van der Waals surface area contributed by atoms with Crippen LogP contribution in [0.2, 0.25) is 0 Å². The fourth-order valence-corrected chi connectivity index (χ4v) is 4.70. The summed E-state index contributed by atoms with van der Waals surface area (Å²) in [5.74, 6) is -0.0795. The van der Waals surface area contributed by atoms with Crippen LogP contribution in [0.5, 0.6) is 0 Å². The van der Waals surface area contributed by atoms with Gasteiger partial charge in [-0.2, -0.15) is 0 Å². The monoisotopic (exact) mass is 380 g/mol. The van der Waals surface area contributed by atoms with Crippen LogP contribution in [-0.2, 0) is 27.8 Å². The molecule has 1 amide bonds. The zero-order valence-electron chi connectivity index (χ0n) is 14.8. The van der Waals surface area contributed by atoms with E-state index in [1.54, 1.807) is 11.0 Å². The molecule has 1 N–H and O–H groups in total. The van der Waals surface area contributed by atoms with Gasteiger partial charge in [0, 0.05) is 31.4 Å².